The maximum atomic E-state index is 12.2. The molecule has 0 spiro atoms. The Morgan fingerprint density at radius 2 is 1.80 bits per heavy atom. The third kappa shape index (κ3) is 8.11. The zero-order valence-corrected chi connectivity index (χ0v) is 21.7. The molecule has 170 valence electrons. The van der Waals surface area contributed by atoms with E-state index >= 15 is 0 Å². The molecule has 3 rings (SSSR count). The zero-order chi connectivity index (χ0) is 20.5. The van der Waals surface area contributed by atoms with Crippen LogP contribution in [-0.2, 0) is 23.9 Å². The first-order valence-corrected chi connectivity index (χ1v) is 12.8. The number of aliphatic imine (C=N–C) groups is 1. The minimum Gasteiger partial charge on any atom is -0.357 e. The minimum absolute atomic E-state index is 0. The van der Waals surface area contributed by atoms with Crippen LogP contribution in [0.25, 0.3) is 0 Å². The lowest BCUT2D eigenvalue weighted by Crippen LogP contribution is -2.46. The first kappa shape index (κ1) is 25.6. The molecular formula is C23H39IN4OS. The number of guanidine groups is 1. The SMILES string of the molecule is CCNC(=NCc1ccc(CN2CCCC2)cc1)NC1CCCC(S(=O)CC)C1.I. The number of halogens is 1. The predicted molar refractivity (Wildman–Crippen MR) is 139 cm³/mol. The molecule has 2 fully saturated rings. The maximum absolute atomic E-state index is 12.2. The normalized spacial score (nSPS) is 23.6. The standard InChI is InChI=1S/C23H38N4OS.HI/c1-3-24-23(26-21-8-7-9-22(16-21)29(28)4-2)25-17-19-10-12-20(13-11-19)18-27-14-5-6-15-27;/h10-13,21-22H,3-9,14-18H2,1-2H3,(H2,24,25,26);1H. The van der Waals surface area contributed by atoms with E-state index < -0.39 is 10.8 Å². The number of likely N-dealkylation sites (tertiary alicyclic amines) is 1. The molecule has 7 heteroatoms. The Hall–Kier alpha value is -0.670. The van der Waals surface area contributed by atoms with E-state index in [0.29, 0.717) is 17.8 Å². The summed E-state index contributed by atoms with van der Waals surface area (Å²) in [5.41, 5.74) is 2.63. The van der Waals surface area contributed by atoms with Gasteiger partial charge in [0.05, 0.1) is 6.54 Å². The second-order valence-corrected chi connectivity index (χ2v) is 10.3. The van der Waals surface area contributed by atoms with Crippen LogP contribution in [0.4, 0.5) is 0 Å². The highest BCUT2D eigenvalue weighted by Crippen LogP contribution is 2.23. The van der Waals surface area contributed by atoms with Crippen LogP contribution in [0.2, 0.25) is 0 Å². The molecule has 0 aromatic heterocycles. The molecule has 3 atom stereocenters. The molecular weight excluding hydrogens is 507 g/mol. The molecule has 1 saturated heterocycles. The quantitative estimate of drug-likeness (QED) is 0.294. The van der Waals surface area contributed by atoms with Crippen molar-refractivity contribution in [3.8, 4) is 0 Å². The fourth-order valence-electron chi connectivity index (χ4n) is 4.38. The Morgan fingerprint density at radius 3 is 2.47 bits per heavy atom. The van der Waals surface area contributed by atoms with Crippen LogP contribution < -0.4 is 10.6 Å². The first-order chi connectivity index (χ1) is 14.2. The van der Waals surface area contributed by atoms with Gasteiger partial charge in [-0.15, -0.1) is 24.0 Å². The molecule has 0 radical (unpaired) electrons. The van der Waals surface area contributed by atoms with E-state index in [0.717, 1.165) is 50.5 Å². The van der Waals surface area contributed by atoms with Gasteiger partial charge in [0.15, 0.2) is 5.96 Å². The molecule has 1 heterocycles. The Morgan fingerprint density at radius 1 is 1.10 bits per heavy atom. The highest BCUT2D eigenvalue weighted by Gasteiger charge is 2.26. The summed E-state index contributed by atoms with van der Waals surface area (Å²) in [6, 6.07) is 9.27. The van der Waals surface area contributed by atoms with Gasteiger partial charge in [-0.05, 0) is 63.2 Å². The van der Waals surface area contributed by atoms with Crippen LogP contribution >= 0.6 is 24.0 Å². The Kier molecular flexibility index (Phi) is 11.7. The number of benzene rings is 1. The molecule has 1 aliphatic carbocycles. The van der Waals surface area contributed by atoms with Crippen molar-refractivity contribution >= 4 is 40.7 Å². The summed E-state index contributed by atoms with van der Waals surface area (Å²) in [6.07, 6.45) is 7.03. The van der Waals surface area contributed by atoms with Gasteiger partial charge in [-0.3, -0.25) is 9.11 Å². The fourth-order valence-corrected chi connectivity index (χ4v) is 5.73. The van der Waals surface area contributed by atoms with Crippen LogP contribution in [0.5, 0.6) is 0 Å². The molecule has 1 aliphatic heterocycles. The third-order valence-electron chi connectivity index (χ3n) is 6.02. The molecule has 1 aromatic rings. The fraction of sp³-hybridized carbons (Fsp3) is 0.696. The van der Waals surface area contributed by atoms with Gasteiger partial charge < -0.3 is 10.6 Å². The van der Waals surface area contributed by atoms with Gasteiger partial charge in [-0.25, -0.2) is 4.99 Å². The summed E-state index contributed by atoms with van der Waals surface area (Å²) in [5, 5.41) is 7.30. The largest absolute Gasteiger partial charge is 0.357 e. The summed E-state index contributed by atoms with van der Waals surface area (Å²) in [4.78, 5) is 7.34. The number of nitrogens with one attached hydrogen (secondary N) is 2. The molecule has 0 amide bonds. The van der Waals surface area contributed by atoms with Crippen LogP contribution in [0.15, 0.2) is 29.3 Å². The van der Waals surface area contributed by atoms with E-state index in [1.807, 2.05) is 6.92 Å². The Labute approximate surface area is 202 Å². The van der Waals surface area contributed by atoms with Crippen molar-refractivity contribution in [1.82, 2.24) is 15.5 Å². The van der Waals surface area contributed by atoms with Crippen molar-refractivity contribution in [3.05, 3.63) is 35.4 Å². The van der Waals surface area contributed by atoms with Crippen LogP contribution in [0.1, 0.15) is 63.5 Å². The van der Waals surface area contributed by atoms with Gasteiger partial charge in [0.2, 0.25) is 0 Å². The molecule has 2 aliphatic rings. The van der Waals surface area contributed by atoms with Crippen molar-refractivity contribution in [2.24, 2.45) is 4.99 Å². The van der Waals surface area contributed by atoms with E-state index in [2.05, 4.69) is 46.7 Å². The molecule has 2 N–H and O–H groups in total. The molecule has 5 nitrogen and oxygen atoms in total. The first-order valence-electron chi connectivity index (χ1n) is 11.4. The van der Waals surface area contributed by atoms with Gasteiger partial charge in [0, 0.05) is 40.9 Å². The van der Waals surface area contributed by atoms with Crippen molar-refractivity contribution in [3.63, 3.8) is 0 Å². The summed E-state index contributed by atoms with van der Waals surface area (Å²) >= 11 is 0. The van der Waals surface area contributed by atoms with Crippen LogP contribution in [-0.4, -0.2) is 51.7 Å². The number of hydrogen-bond acceptors (Lipinski definition) is 3. The monoisotopic (exact) mass is 546 g/mol. The third-order valence-corrected chi connectivity index (χ3v) is 7.76. The second kappa shape index (κ2) is 13.7. The van der Waals surface area contributed by atoms with Crippen molar-refractivity contribution in [2.75, 3.05) is 25.4 Å². The average molecular weight is 547 g/mol. The van der Waals surface area contributed by atoms with Crippen molar-refractivity contribution in [2.45, 2.75) is 76.8 Å². The Bertz CT molecular complexity index is 676. The second-order valence-electron chi connectivity index (χ2n) is 8.29. The topological polar surface area (TPSA) is 56.7 Å². The molecule has 3 unspecified atom stereocenters. The van der Waals surface area contributed by atoms with Crippen molar-refractivity contribution in [1.29, 1.82) is 0 Å². The lowest BCUT2D eigenvalue weighted by atomic mass is 9.95. The van der Waals surface area contributed by atoms with E-state index in [1.54, 1.807) is 0 Å². The summed E-state index contributed by atoms with van der Waals surface area (Å²) in [6.45, 7) is 9.17. The highest BCUT2D eigenvalue weighted by molar-refractivity contribution is 14.0. The highest BCUT2D eigenvalue weighted by atomic mass is 127. The van der Waals surface area contributed by atoms with E-state index in [-0.39, 0.29) is 24.0 Å². The number of nitrogens with zero attached hydrogens (tertiary/aromatic N) is 2. The lowest BCUT2D eigenvalue weighted by molar-refractivity contribution is 0.331. The van der Waals surface area contributed by atoms with Crippen LogP contribution in [0, 0.1) is 0 Å². The smallest absolute Gasteiger partial charge is 0.191 e. The maximum Gasteiger partial charge on any atom is 0.191 e. The van der Waals surface area contributed by atoms with Crippen LogP contribution in [0.3, 0.4) is 0 Å². The van der Waals surface area contributed by atoms with E-state index in [9.17, 15) is 4.21 Å². The minimum atomic E-state index is -0.694. The molecule has 30 heavy (non-hydrogen) atoms. The zero-order valence-electron chi connectivity index (χ0n) is 18.6. The molecule has 0 bridgehead atoms. The van der Waals surface area contributed by atoms with Gasteiger partial charge in [-0.1, -0.05) is 37.6 Å². The molecule has 1 saturated carbocycles. The van der Waals surface area contributed by atoms with Gasteiger partial charge in [0.25, 0.3) is 0 Å². The summed E-state index contributed by atoms with van der Waals surface area (Å²) < 4.78 is 12.2. The average Bonchev–Trinajstić information content (AvgIpc) is 3.26. The number of hydrogen-bond donors (Lipinski definition) is 2. The summed E-state index contributed by atoms with van der Waals surface area (Å²) in [5.74, 6) is 1.64. The van der Waals surface area contributed by atoms with Gasteiger partial charge >= 0.3 is 0 Å². The van der Waals surface area contributed by atoms with Crippen molar-refractivity contribution < 1.29 is 4.21 Å². The van der Waals surface area contributed by atoms with E-state index in [4.69, 9.17) is 4.99 Å². The summed E-state index contributed by atoms with van der Waals surface area (Å²) in [7, 11) is -0.694. The Balaban J connectivity index is 0.00000320. The van der Waals surface area contributed by atoms with Gasteiger partial charge in [0.1, 0.15) is 0 Å². The number of rotatable bonds is 8. The molecule has 1 aromatic carbocycles. The predicted octanol–water partition coefficient (Wildman–Crippen LogP) is 4.04. The lowest BCUT2D eigenvalue weighted by Gasteiger charge is -2.30. The van der Waals surface area contributed by atoms with E-state index in [1.165, 1.54) is 37.1 Å². The van der Waals surface area contributed by atoms with Gasteiger partial charge in [-0.2, -0.15) is 0 Å².